The van der Waals surface area contributed by atoms with E-state index in [2.05, 4.69) is 17.6 Å². The monoisotopic (exact) mass is 248 g/mol. The lowest BCUT2D eigenvalue weighted by atomic mass is 9.95. The quantitative estimate of drug-likeness (QED) is 0.841. The number of piperidine rings is 1. The van der Waals surface area contributed by atoms with Gasteiger partial charge in [0.2, 0.25) is 0 Å². The Bertz CT molecular complexity index is 381. The first-order valence-corrected chi connectivity index (χ1v) is 6.43. The summed E-state index contributed by atoms with van der Waals surface area (Å²) in [6, 6.07) is 9.60. The van der Waals surface area contributed by atoms with Gasteiger partial charge in [0.1, 0.15) is 5.75 Å². The zero-order valence-corrected chi connectivity index (χ0v) is 10.7. The van der Waals surface area contributed by atoms with Crippen LogP contribution in [0, 0.1) is 5.92 Å². The first-order valence-electron chi connectivity index (χ1n) is 6.43. The van der Waals surface area contributed by atoms with Gasteiger partial charge in [0.25, 0.3) is 5.91 Å². The average Bonchev–Trinajstić information content (AvgIpc) is 2.40. The number of hydrogen-bond acceptors (Lipinski definition) is 3. The minimum Gasteiger partial charge on any atom is -0.484 e. The molecule has 4 heteroatoms. The summed E-state index contributed by atoms with van der Waals surface area (Å²) in [6.45, 7) is 4.13. The predicted octanol–water partition coefficient (Wildman–Crippen LogP) is 1.18. The van der Waals surface area contributed by atoms with Gasteiger partial charge < -0.3 is 15.4 Å². The van der Waals surface area contributed by atoms with Crippen molar-refractivity contribution in [2.45, 2.75) is 19.4 Å². The molecule has 0 radical (unpaired) electrons. The van der Waals surface area contributed by atoms with E-state index in [0.29, 0.717) is 5.92 Å². The predicted molar refractivity (Wildman–Crippen MR) is 70.5 cm³/mol. The fourth-order valence-electron chi connectivity index (χ4n) is 2.10. The first kappa shape index (κ1) is 12.9. The van der Waals surface area contributed by atoms with Crippen LogP contribution in [-0.4, -0.2) is 31.6 Å². The molecular weight excluding hydrogens is 228 g/mol. The minimum atomic E-state index is -0.0561. The summed E-state index contributed by atoms with van der Waals surface area (Å²) in [5.41, 5.74) is 0. The molecule has 0 aliphatic carbocycles. The van der Waals surface area contributed by atoms with E-state index in [9.17, 15) is 4.79 Å². The average molecular weight is 248 g/mol. The highest BCUT2D eigenvalue weighted by Gasteiger charge is 2.22. The molecule has 0 saturated carbocycles. The van der Waals surface area contributed by atoms with E-state index in [1.807, 2.05) is 30.3 Å². The van der Waals surface area contributed by atoms with Crippen LogP contribution in [0.5, 0.6) is 5.75 Å². The maximum absolute atomic E-state index is 11.8. The van der Waals surface area contributed by atoms with Crippen LogP contribution in [0.15, 0.2) is 30.3 Å². The molecule has 1 saturated heterocycles. The summed E-state index contributed by atoms with van der Waals surface area (Å²) >= 11 is 0. The Morgan fingerprint density at radius 3 is 2.94 bits per heavy atom. The van der Waals surface area contributed by atoms with Crippen molar-refractivity contribution in [3.63, 3.8) is 0 Å². The summed E-state index contributed by atoms with van der Waals surface area (Å²) in [5, 5.41) is 6.30. The topological polar surface area (TPSA) is 50.4 Å². The molecule has 4 nitrogen and oxygen atoms in total. The lowest BCUT2D eigenvalue weighted by Crippen LogP contribution is -2.51. The van der Waals surface area contributed by atoms with Gasteiger partial charge in [0.05, 0.1) is 0 Å². The molecule has 1 aliphatic rings. The molecule has 98 valence electrons. The summed E-state index contributed by atoms with van der Waals surface area (Å²) in [6.07, 6.45) is 1.10. The van der Waals surface area contributed by atoms with Crippen LogP contribution in [-0.2, 0) is 4.79 Å². The van der Waals surface area contributed by atoms with Crippen molar-refractivity contribution >= 4 is 5.91 Å². The van der Waals surface area contributed by atoms with Crippen molar-refractivity contribution in [2.75, 3.05) is 19.7 Å². The second-order valence-electron chi connectivity index (χ2n) is 4.75. The molecule has 1 aliphatic heterocycles. The van der Waals surface area contributed by atoms with E-state index in [-0.39, 0.29) is 18.6 Å². The highest BCUT2D eigenvalue weighted by Crippen LogP contribution is 2.11. The number of ether oxygens (including phenoxy) is 1. The van der Waals surface area contributed by atoms with Crippen LogP contribution in [0.25, 0.3) is 0 Å². The van der Waals surface area contributed by atoms with Crippen LogP contribution in [0.2, 0.25) is 0 Å². The number of hydrogen-bond donors (Lipinski definition) is 2. The van der Waals surface area contributed by atoms with E-state index < -0.39 is 0 Å². The molecule has 2 N–H and O–H groups in total. The fraction of sp³-hybridized carbons (Fsp3) is 0.500. The normalized spacial score (nSPS) is 23.4. The van der Waals surface area contributed by atoms with Gasteiger partial charge in [0, 0.05) is 12.6 Å². The Balaban J connectivity index is 1.75. The second-order valence-corrected chi connectivity index (χ2v) is 4.75. The van der Waals surface area contributed by atoms with Gasteiger partial charge >= 0.3 is 0 Å². The van der Waals surface area contributed by atoms with Crippen molar-refractivity contribution in [3.8, 4) is 5.75 Å². The maximum Gasteiger partial charge on any atom is 0.258 e. The fourth-order valence-corrected chi connectivity index (χ4v) is 2.10. The molecule has 1 fully saturated rings. The molecule has 1 aromatic carbocycles. The van der Waals surface area contributed by atoms with E-state index >= 15 is 0 Å². The molecule has 0 spiro atoms. The third-order valence-corrected chi connectivity index (χ3v) is 3.29. The number of nitrogens with one attached hydrogen (secondary N) is 2. The van der Waals surface area contributed by atoms with E-state index in [1.165, 1.54) is 0 Å². The Labute approximate surface area is 108 Å². The molecule has 0 aromatic heterocycles. The molecule has 2 unspecified atom stereocenters. The SMILES string of the molecule is CC1CCNCC1NC(=O)COc1ccccc1. The van der Waals surface area contributed by atoms with Crippen molar-refractivity contribution in [3.05, 3.63) is 30.3 Å². The Kier molecular flexibility index (Phi) is 4.59. The zero-order valence-electron chi connectivity index (χ0n) is 10.7. The van der Waals surface area contributed by atoms with Gasteiger partial charge in [-0.3, -0.25) is 4.79 Å². The summed E-state index contributed by atoms with van der Waals surface area (Å²) in [5.74, 6) is 1.19. The number of rotatable bonds is 4. The number of para-hydroxylation sites is 1. The van der Waals surface area contributed by atoms with Crippen LogP contribution >= 0.6 is 0 Å². The largest absolute Gasteiger partial charge is 0.484 e. The van der Waals surface area contributed by atoms with Gasteiger partial charge in [-0.05, 0) is 31.0 Å². The standard InChI is InChI=1S/C14H20N2O2/c1-11-7-8-15-9-13(11)16-14(17)10-18-12-5-3-2-4-6-12/h2-6,11,13,15H,7-10H2,1H3,(H,16,17). The van der Waals surface area contributed by atoms with Crippen molar-refractivity contribution in [1.29, 1.82) is 0 Å². The molecular formula is C14H20N2O2. The van der Waals surface area contributed by atoms with Gasteiger partial charge in [-0.15, -0.1) is 0 Å². The van der Waals surface area contributed by atoms with Gasteiger partial charge in [0.15, 0.2) is 6.61 Å². The third kappa shape index (κ3) is 3.74. The zero-order chi connectivity index (χ0) is 12.8. The first-order chi connectivity index (χ1) is 8.75. The Hall–Kier alpha value is -1.55. The molecule has 1 amide bonds. The second kappa shape index (κ2) is 6.40. The molecule has 1 heterocycles. The van der Waals surface area contributed by atoms with Crippen molar-refractivity contribution < 1.29 is 9.53 Å². The minimum absolute atomic E-state index is 0.0561. The van der Waals surface area contributed by atoms with Crippen LogP contribution in [0.1, 0.15) is 13.3 Å². The molecule has 0 bridgehead atoms. The highest BCUT2D eigenvalue weighted by molar-refractivity contribution is 5.77. The van der Waals surface area contributed by atoms with Crippen LogP contribution in [0.3, 0.4) is 0 Å². The highest BCUT2D eigenvalue weighted by atomic mass is 16.5. The lowest BCUT2D eigenvalue weighted by Gasteiger charge is -2.30. The number of amides is 1. The Morgan fingerprint density at radius 2 is 2.22 bits per heavy atom. The maximum atomic E-state index is 11.8. The van der Waals surface area contributed by atoms with Crippen LogP contribution in [0.4, 0.5) is 0 Å². The Morgan fingerprint density at radius 1 is 1.44 bits per heavy atom. The summed E-state index contributed by atoms with van der Waals surface area (Å²) < 4.78 is 5.41. The molecule has 18 heavy (non-hydrogen) atoms. The molecule has 1 aromatic rings. The van der Waals surface area contributed by atoms with Crippen molar-refractivity contribution in [2.24, 2.45) is 5.92 Å². The smallest absolute Gasteiger partial charge is 0.258 e. The number of carbonyl (C=O) groups is 1. The number of carbonyl (C=O) groups excluding carboxylic acids is 1. The molecule has 2 atom stereocenters. The molecule has 2 rings (SSSR count). The van der Waals surface area contributed by atoms with Gasteiger partial charge in [-0.1, -0.05) is 25.1 Å². The van der Waals surface area contributed by atoms with E-state index in [4.69, 9.17) is 4.74 Å². The van der Waals surface area contributed by atoms with E-state index in [0.717, 1.165) is 25.3 Å². The van der Waals surface area contributed by atoms with Gasteiger partial charge in [-0.2, -0.15) is 0 Å². The van der Waals surface area contributed by atoms with E-state index in [1.54, 1.807) is 0 Å². The summed E-state index contributed by atoms with van der Waals surface area (Å²) in [7, 11) is 0. The number of benzene rings is 1. The lowest BCUT2D eigenvalue weighted by molar-refractivity contribution is -0.124. The summed E-state index contributed by atoms with van der Waals surface area (Å²) in [4.78, 5) is 11.8. The van der Waals surface area contributed by atoms with Crippen LogP contribution < -0.4 is 15.4 Å². The van der Waals surface area contributed by atoms with Gasteiger partial charge in [-0.25, -0.2) is 0 Å². The van der Waals surface area contributed by atoms with Crippen molar-refractivity contribution in [1.82, 2.24) is 10.6 Å². The third-order valence-electron chi connectivity index (χ3n) is 3.29.